The topological polar surface area (TPSA) is 43.4 Å². The molecule has 150 valence electrons. The Bertz CT molecular complexity index is 684. The summed E-state index contributed by atoms with van der Waals surface area (Å²) in [7, 11) is 0. The summed E-state index contributed by atoms with van der Waals surface area (Å²) in [5, 5.41) is 0. The van der Waals surface area contributed by atoms with Crippen molar-refractivity contribution < 1.29 is 14.3 Å². The lowest BCUT2D eigenvalue weighted by Crippen LogP contribution is -2.52. The Morgan fingerprint density at radius 2 is 1.78 bits per heavy atom. The maximum absolute atomic E-state index is 12.5. The van der Waals surface area contributed by atoms with Crippen molar-refractivity contribution >= 4 is 11.8 Å². The van der Waals surface area contributed by atoms with Gasteiger partial charge < -0.3 is 4.74 Å². The van der Waals surface area contributed by atoms with E-state index in [4.69, 9.17) is 4.74 Å². The molecule has 0 aromatic heterocycles. The van der Waals surface area contributed by atoms with E-state index in [1.54, 1.807) is 0 Å². The molecule has 0 aliphatic heterocycles. The van der Waals surface area contributed by atoms with Gasteiger partial charge in [-0.15, -0.1) is 0 Å². The van der Waals surface area contributed by atoms with E-state index in [0.29, 0.717) is 17.6 Å². The van der Waals surface area contributed by atoms with E-state index >= 15 is 0 Å². The monoisotopic (exact) mass is 372 g/mol. The summed E-state index contributed by atoms with van der Waals surface area (Å²) in [4.78, 5) is 24.5. The highest BCUT2D eigenvalue weighted by Gasteiger charge is 2.60. The van der Waals surface area contributed by atoms with E-state index in [2.05, 4.69) is 13.8 Å². The molecule has 0 unspecified atom stereocenters. The lowest BCUT2D eigenvalue weighted by atomic mass is 9.47. The minimum Gasteiger partial charge on any atom is -0.461 e. The van der Waals surface area contributed by atoms with E-state index in [-0.39, 0.29) is 22.9 Å². The fourth-order valence-corrected chi connectivity index (χ4v) is 7.01. The van der Waals surface area contributed by atoms with Crippen molar-refractivity contribution in [3.63, 3.8) is 0 Å². The minimum absolute atomic E-state index is 0.0527. The van der Waals surface area contributed by atoms with Crippen LogP contribution < -0.4 is 0 Å². The molecule has 0 heterocycles. The van der Waals surface area contributed by atoms with Crippen LogP contribution in [0, 0.1) is 34.0 Å². The summed E-state index contributed by atoms with van der Waals surface area (Å²) >= 11 is 0. The number of esters is 1. The van der Waals surface area contributed by atoms with Crippen molar-refractivity contribution in [3.05, 3.63) is 11.6 Å². The van der Waals surface area contributed by atoms with Crippen LogP contribution in [0.1, 0.15) is 86.0 Å². The number of hydrogen-bond acceptors (Lipinski definition) is 3. The Balaban J connectivity index is 1.57. The van der Waals surface area contributed by atoms with Crippen LogP contribution in [0.15, 0.2) is 11.6 Å². The molecule has 3 fully saturated rings. The normalized spacial score (nSPS) is 44.0. The smallest absolute Gasteiger partial charge is 0.311 e. The van der Waals surface area contributed by atoms with Crippen molar-refractivity contribution in [1.82, 2.24) is 0 Å². The average Bonchev–Trinajstić information content (AvgIpc) is 2.91. The van der Waals surface area contributed by atoms with Crippen LogP contribution in [0.3, 0.4) is 0 Å². The lowest BCUT2D eigenvalue weighted by molar-refractivity contribution is -0.169. The predicted molar refractivity (Wildman–Crippen MR) is 106 cm³/mol. The first-order valence-corrected chi connectivity index (χ1v) is 11.0. The van der Waals surface area contributed by atoms with Crippen LogP contribution in [0.25, 0.3) is 0 Å². The molecular formula is C24H36O3. The van der Waals surface area contributed by atoms with Gasteiger partial charge in [0.05, 0.1) is 5.41 Å². The van der Waals surface area contributed by atoms with Crippen LogP contribution >= 0.6 is 0 Å². The van der Waals surface area contributed by atoms with Gasteiger partial charge in [-0.25, -0.2) is 0 Å². The van der Waals surface area contributed by atoms with Crippen LogP contribution in [-0.4, -0.2) is 17.9 Å². The first kappa shape index (κ1) is 19.2. The standard InChI is InChI=1S/C24H36O3/c1-22(2,3)21(26)27-20-9-8-18-17-7-6-15-14-16(25)10-12-23(15,4)19(17)11-13-24(18,20)5/h14,17-20H,6-13H2,1-5H3/t17-,18-,19-,20-,23-,24-/m0/s1. The summed E-state index contributed by atoms with van der Waals surface area (Å²) in [5.41, 5.74) is 1.35. The van der Waals surface area contributed by atoms with Gasteiger partial charge in [0.25, 0.3) is 0 Å². The summed E-state index contributed by atoms with van der Waals surface area (Å²) in [6, 6.07) is 0. The molecule has 4 rings (SSSR count). The fourth-order valence-electron chi connectivity index (χ4n) is 7.01. The van der Waals surface area contributed by atoms with Crippen molar-refractivity contribution in [1.29, 1.82) is 0 Å². The number of allylic oxidation sites excluding steroid dienone is 1. The Kier molecular flexibility index (Phi) is 4.40. The molecule has 3 heteroatoms. The number of ether oxygens (including phenoxy) is 1. The highest BCUT2D eigenvalue weighted by Crippen LogP contribution is 2.65. The number of fused-ring (bicyclic) bond motifs is 5. The molecule has 27 heavy (non-hydrogen) atoms. The zero-order valence-corrected chi connectivity index (χ0v) is 17.8. The second-order valence-electron chi connectivity index (χ2n) is 11.2. The lowest BCUT2D eigenvalue weighted by Gasteiger charge is -2.57. The fraction of sp³-hybridized carbons (Fsp3) is 0.833. The van der Waals surface area contributed by atoms with Gasteiger partial charge in [0.2, 0.25) is 0 Å². The van der Waals surface area contributed by atoms with E-state index in [0.717, 1.165) is 38.0 Å². The molecule has 0 radical (unpaired) electrons. The second-order valence-corrected chi connectivity index (χ2v) is 11.2. The molecule has 3 saturated carbocycles. The molecule has 4 aliphatic carbocycles. The van der Waals surface area contributed by atoms with Gasteiger partial charge >= 0.3 is 5.97 Å². The summed E-state index contributed by atoms with van der Waals surface area (Å²) in [6.07, 6.45) is 10.7. The molecule has 0 amide bonds. The molecule has 6 atom stereocenters. The van der Waals surface area contributed by atoms with Gasteiger partial charge in [-0.05, 0) is 95.0 Å². The van der Waals surface area contributed by atoms with Crippen LogP contribution in [0.2, 0.25) is 0 Å². The minimum atomic E-state index is -0.432. The van der Waals surface area contributed by atoms with E-state index in [1.165, 1.54) is 24.8 Å². The van der Waals surface area contributed by atoms with Gasteiger partial charge in [0, 0.05) is 11.8 Å². The van der Waals surface area contributed by atoms with Crippen molar-refractivity contribution in [3.8, 4) is 0 Å². The second kappa shape index (κ2) is 6.19. The molecule has 0 N–H and O–H groups in total. The summed E-state index contributed by atoms with van der Waals surface area (Å²) in [6.45, 7) is 10.7. The third kappa shape index (κ3) is 2.91. The van der Waals surface area contributed by atoms with E-state index < -0.39 is 5.41 Å². The Morgan fingerprint density at radius 3 is 2.48 bits per heavy atom. The molecule has 3 nitrogen and oxygen atoms in total. The summed E-state index contributed by atoms with van der Waals surface area (Å²) < 4.78 is 6.08. The number of hydrogen-bond donors (Lipinski definition) is 0. The number of carbonyl (C=O) groups is 2. The summed E-state index contributed by atoms with van der Waals surface area (Å²) in [5.74, 6) is 2.35. The average molecular weight is 373 g/mol. The van der Waals surface area contributed by atoms with Crippen molar-refractivity contribution in [2.75, 3.05) is 0 Å². The zero-order chi connectivity index (χ0) is 19.6. The largest absolute Gasteiger partial charge is 0.461 e. The molecule has 0 saturated heterocycles. The Morgan fingerprint density at radius 1 is 1.04 bits per heavy atom. The predicted octanol–water partition coefficient (Wildman–Crippen LogP) is 5.48. The van der Waals surface area contributed by atoms with Gasteiger partial charge in [0.1, 0.15) is 6.10 Å². The molecular weight excluding hydrogens is 336 g/mol. The third-order valence-corrected chi connectivity index (χ3v) is 8.74. The Hall–Kier alpha value is -1.12. The van der Waals surface area contributed by atoms with E-state index in [1.807, 2.05) is 26.8 Å². The first-order chi connectivity index (χ1) is 12.6. The molecule has 4 aliphatic rings. The highest BCUT2D eigenvalue weighted by molar-refractivity contribution is 5.91. The molecule has 0 spiro atoms. The van der Waals surface area contributed by atoms with Gasteiger partial charge in [-0.1, -0.05) is 19.4 Å². The SMILES string of the molecule is CC(C)(C)C(=O)O[C@H]1CC[C@H]2[C@@H]3CCC4=CC(=O)CC[C@]4(C)[C@H]3CC[C@]12C. The number of ketones is 1. The highest BCUT2D eigenvalue weighted by atomic mass is 16.5. The Labute approximate surface area is 164 Å². The third-order valence-electron chi connectivity index (χ3n) is 8.74. The number of carbonyl (C=O) groups excluding carboxylic acids is 2. The quantitative estimate of drug-likeness (QED) is 0.573. The maximum Gasteiger partial charge on any atom is 0.311 e. The zero-order valence-electron chi connectivity index (χ0n) is 17.8. The van der Waals surface area contributed by atoms with Crippen LogP contribution in [-0.2, 0) is 14.3 Å². The van der Waals surface area contributed by atoms with Crippen LogP contribution in [0.4, 0.5) is 0 Å². The maximum atomic E-state index is 12.5. The molecule has 0 aromatic carbocycles. The first-order valence-electron chi connectivity index (χ1n) is 11.0. The molecule has 0 bridgehead atoms. The van der Waals surface area contributed by atoms with E-state index in [9.17, 15) is 9.59 Å². The van der Waals surface area contributed by atoms with Gasteiger partial charge in [-0.3, -0.25) is 9.59 Å². The molecule has 0 aromatic rings. The number of rotatable bonds is 1. The van der Waals surface area contributed by atoms with Crippen molar-refractivity contribution in [2.24, 2.45) is 34.0 Å². The van der Waals surface area contributed by atoms with Crippen molar-refractivity contribution in [2.45, 2.75) is 92.1 Å². The van der Waals surface area contributed by atoms with Crippen LogP contribution in [0.5, 0.6) is 0 Å². The van der Waals surface area contributed by atoms with Gasteiger partial charge in [-0.2, -0.15) is 0 Å². The van der Waals surface area contributed by atoms with Gasteiger partial charge in [0.15, 0.2) is 5.78 Å².